The van der Waals surface area contributed by atoms with Crippen molar-refractivity contribution in [1.82, 2.24) is 0 Å². The summed E-state index contributed by atoms with van der Waals surface area (Å²) in [4.78, 5) is 0. The van der Waals surface area contributed by atoms with Crippen LogP contribution in [0.25, 0.3) is 33.0 Å². The number of aryl methyl sites for hydroxylation is 5. The van der Waals surface area contributed by atoms with Gasteiger partial charge < -0.3 is 0 Å². The van der Waals surface area contributed by atoms with Crippen LogP contribution >= 0.6 is 0 Å². The molecule has 0 bridgehead atoms. The van der Waals surface area contributed by atoms with E-state index in [2.05, 4.69) is 74.2 Å². The van der Waals surface area contributed by atoms with Gasteiger partial charge in [0.1, 0.15) is 17.5 Å². The highest BCUT2D eigenvalue weighted by atomic mass is 19.1. The maximum atomic E-state index is 14.9. The highest BCUT2D eigenvalue weighted by Crippen LogP contribution is 2.29. The highest BCUT2D eigenvalue weighted by molar-refractivity contribution is 5.88. The number of unbranched alkanes of at least 4 members (excludes halogenated alkanes) is 2. The molecule has 0 spiro atoms. The number of hydrogen-bond acceptors (Lipinski definition) is 0. The fraction of sp³-hybridized carbons (Fsp3) is 0.250. The molecule has 0 aliphatic carbocycles. The lowest BCUT2D eigenvalue weighted by molar-refractivity contribution is 0.586. The van der Waals surface area contributed by atoms with Gasteiger partial charge in [0, 0.05) is 11.1 Å². The molecule has 0 saturated heterocycles. The third-order valence-corrected chi connectivity index (χ3v) is 9.76. The summed E-state index contributed by atoms with van der Waals surface area (Å²) in [6.07, 6.45) is 8.20. The van der Waals surface area contributed by atoms with E-state index in [0.29, 0.717) is 17.5 Å². The second-order valence-corrected chi connectivity index (χ2v) is 13.5. The minimum atomic E-state index is -0.519. The Morgan fingerprint density at radius 3 is 1.80 bits per heavy atom. The van der Waals surface area contributed by atoms with Crippen LogP contribution in [0.1, 0.15) is 85.4 Å². The quantitative estimate of drug-likeness (QED) is 0.0893. The number of fused-ring (bicyclic) bond motifs is 1. The van der Waals surface area contributed by atoms with E-state index in [1.807, 2.05) is 49.4 Å². The van der Waals surface area contributed by atoms with Crippen LogP contribution < -0.4 is 0 Å². The molecule has 0 nitrogen and oxygen atoms in total. The zero-order valence-corrected chi connectivity index (χ0v) is 29.9. The Bertz CT molecular complexity index is 2160. The molecule has 0 aromatic heterocycles. The van der Waals surface area contributed by atoms with Crippen molar-refractivity contribution in [2.45, 2.75) is 78.6 Å². The molecule has 0 amide bonds. The summed E-state index contributed by atoms with van der Waals surface area (Å²) in [5.74, 6) is 5.34. The second kappa shape index (κ2) is 16.8. The van der Waals surface area contributed by atoms with Crippen molar-refractivity contribution in [3.05, 3.63) is 166 Å². The first kappa shape index (κ1) is 35.7. The average Bonchev–Trinajstić information content (AvgIpc) is 3.14. The van der Waals surface area contributed by atoms with Gasteiger partial charge in [0.15, 0.2) is 0 Å². The Morgan fingerprint density at radius 1 is 0.451 bits per heavy atom. The minimum absolute atomic E-state index is 0.0328. The normalized spacial score (nSPS) is 11.1. The first-order valence-electron chi connectivity index (χ1n) is 18.4. The summed E-state index contributed by atoms with van der Waals surface area (Å²) < 4.78 is 44.2. The predicted octanol–water partition coefficient (Wildman–Crippen LogP) is 13.0. The third-order valence-electron chi connectivity index (χ3n) is 9.76. The lowest BCUT2D eigenvalue weighted by atomic mass is 9.96. The standard InChI is InChI=1S/C48H45F3/c1-4-7-8-10-44-31-39(9-5-2)43(32-45(44)49)23-17-35-13-19-37(20-14-35)41-26-25-40-27-36(18-24-42(40)30-41)12-11-34-15-21-38(22-16-34)48-46(50)28-33(6-3)29-47(48)51/h13-16,18-22,24-32H,4-12H2,1-3H3. The lowest BCUT2D eigenvalue weighted by Crippen LogP contribution is -1.98. The van der Waals surface area contributed by atoms with Crippen LogP contribution in [0.15, 0.2) is 109 Å². The fourth-order valence-electron chi connectivity index (χ4n) is 6.77. The number of halogens is 3. The van der Waals surface area contributed by atoms with Crippen LogP contribution in [0.5, 0.6) is 0 Å². The van der Waals surface area contributed by atoms with E-state index in [1.54, 1.807) is 6.07 Å². The fourth-order valence-corrected chi connectivity index (χ4v) is 6.77. The minimum Gasteiger partial charge on any atom is -0.207 e. The number of benzene rings is 6. The predicted molar refractivity (Wildman–Crippen MR) is 208 cm³/mol. The Kier molecular flexibility index (Phi) is 11.7. The molecule has 0 saturated carbocycles. The van der Waals surface area contributed by atoms with Gasteiger partial charge >= 0.3 is 0 Å². The molecular weight excluding hydrogens is 634 g/mol. The zero-order chi connectivity index (χ0) is 35.7. The van der Waals surface area contributed by atoms with Gasteiger partial charge in [-0.15, -0.1) is 0 Å². The molecular formula is C48H45F3. The Hall–Kier alpha value is -5.07. The second-order valence-electron chi connectivity index (χ2n) is 13.5. The van der Waals surface area contributed by atoms with Gasteiger partial charge in [-0.05, 0) is 130 Å². The van der Waals surface area contributed by atoms with Crippen molar-refractivity contribution in [1.29, 1.82) is 0 Å². The van der Waals surface area contributed by atoms with E-state index in [-0.39, 0.29) is 11.4 Å². The van der Waals surface area contributed by atoms with Crippen LogP contribution in [0.3, 0.4) is 0 Å². The van der Waals surface area contributed by atoms with Gasteiger partial charge in [0.2, 0.25) is 0 Å². The average molecular weight is 679 g/mol. The van der Waals surface area contributed by atoms with Crippen LogP contribution in [0.2, 0.25) is 0 Å². The largest absolute Gasteiger partial charge is 0.207 e. The molecule has 51 heavy (non-hydrogen) atoms. The van der Waals surface area contributed by atoms with Crippen molar-refractivity contribution in [3.63, 3.8) is 0 Å². The molecule has 0 unspecified atom stereocenters. The van der Waals surface area contributed by atoms with Crippen molar-refractivity contribution in [3.8, 4) is 34.1 Å². The summed E-state index contributed by atoms with van der Waals surface area (Å²) >= 11 is 0. The summed E-state index contributed by atoms with van der Waals surface area (Å²) in [5, 5.41) is 2.35. The molecule has 0 N–H and O–H groups in total. The first-order valence-corrected chi connectivity index (χ1v) is 18.4. The molecule has 3 heteroatoms. The summed E-state index contributed by atoms with van der Waals surface area (Å²) in [5.41, 5.74) is 9.48. The van der Waals surface area contributed by atoms with Crippen molar-refractivity contribution < 1.29 is 13.2 Å². The van der Waals surface area contributed by atoms with E-state index >= 15 is 0 Å². The number of rotatable bonds is 12. The smallest absolute Gasteiger partial charge is 0.134 e. The topological polar surface area (TPSA) is 0 Å². The summed E-state index contributed by atoms with van der Waals surface area (Å²) in [6, 6.07) is 35.4. The lowest BCUT2D eigenvalue weighted by Gasteiger charge is -2.10. The molecule has 0 fully saturated rings. The van der Waals surface area contributed by atoms with Crippen LogP contribution in [-0.2, 0) is 32.1 Å². The van der Waals surface area contributed by atoms with Crippen molar-refractivity contribution >= 4 is 10.8 Å². The Labute approximate surface area is 301 Å². The molecule has 258 valence electrons. The van der Waals surface area contributed by atoms with Crippen LogP contribution in [0.4, 0.5) is 13.2 Å². The van der Waals surface area contributed by atoms with Gasteiger partial charge in [0.05, 0.1) is 5.56 Å². The molecule has 0 aliphatic heterocycles. The van der Waals surface area contributed by atoms with E-state index in [1.165, 1.54) is 28.5 Å². The molecule has 6 aromatic rings. The van der Waals surface area contributed by atoms with Gasteiger partial charge in [-0.3, -0.25) is 0 Å². The molecule has 0 aliphatic rings. The maximum Gasteiger partial charge on any atom is 0.134 e. The highest BCUT2D eigenvalue weighted by Gasteiger charge is 2.13. The Morgan fingerprint density at radius 2 is 1.10 bits per heavy atom. The number of hydrogen-bond donors (Lipinski definition) is 0. The van der Waals surface area contributed by atoms with E-state index in [0.717, 1.165) is 90.3 Å². The molecule has 0 atom stereocenters. The Balaban J connectivity index is 1.11. The summed E-state index contributed by atoms with van der Waals surface area (Å²) in [6.45, 7) is 6.20. The van der Waals surface area contributed by atoms with Crippen LogP contribution in [-0.4, -0.2) is 0 Å². The molecule has 6 aromatic carbocycles. The van der Waals surface area contributed by atoms with E-state index < -0.39 is 11.6 Å². The molecule has 0 heterocycles. The monoisotopic (exact) mass is 678 g/mol. The first-order chi connectivity index (χ1) is 24.8. The SMILES string of the molecule is CCCCCc1cc(CCC)c(C#Cc2ccc(-c3ccc4cc(CCc5ccc(-c6c(F)cc(CC)cc6F)cc5)ccc4c3)cc2)cc1F. The third kappa shape index (κ3) is 8.81. The maximum absolute atomic E-state index is 14.9. The van der Waals surface area contributed by atoms with Gasteiger partial charge in [-0.1, -0.05) is 125 Å². The van der Waals surface area contributed by atoms with Crippen molar-refractivity contribution in [2.75, 3.05) is 0 Å². The van der Waals surface area contributed by atoms with Gasteiger partial charge in [0.25, 0.3) is 0 Å². The van der Waals surface area contributed by atoms with Crippen molar-refractivity contribution in [2.24, 2.45) is 0 Å². The van der Waals surface area contributed by atoms with Gasteiger partial charge in [-0.25, -0.2) is 13.2 Å². The van der Waals surface area contributed by atoms with Crippen LogP contribution in [0, 0.1) is 29.3 Å². The zero-order valence-electron chi connectivity index (χ0n) is 29.9. The van der Waals surface area contributed by atoms with E-state index in [9.17, 15) is 13.2 Å². The van der Waals surface area contributed by atoms with E-state index in [4.69, 9.17) is 0 Å². The molecule has 0 radical (unpaired) electrons. The van der Waals surface area contributed by atoms with Gasteiger partial charge in [-0.2, -0.15) is 0 Å². The molecule has 6 rings (SSSR count). The summed E-state index contributed by atoms with van der Waals surface area (Å²) in [7, 11) is 0.